The molecule has 4 fully saturated rings. The quantitative estimate of drug-likeness (QED) is 0.488. The number of rotatable bonds is 9. The molecule has 0 amide bonds. The summed E-state index contributed by atoms with van der Waals surface area (Å²) < 4.78 is 6.17. The van der Waals surface area contributed by atoms with Crippen molar-refractivity contribution >= 4 is 0 Å². The molecule has 4 heteroatoms. The molecule has 2 atom stereocenters. The minimum Gasteiger partial charge on any atom is -0.395 e. The van der Waals surface area contributed by atoms with Crippen LogP contribution in [0.15, 0.2) is 12.2 Å². The van der Waals surface area contributed by atoms with Gasteiger partial charge in [-0.2, -0.15) is 0 Å². The van der Waals surface area contributed by atoms with E-state index in [1.165, 1.54) is 38.5 Å². The molecule has 0 aromatic rings. The molecule has 1 aliphatic heterocycles. The lowest BCUT2D eigenvalue weighted by atomic mass is 9.50. The van der Waals surface area contributed by atoms with Gasteiger partial charge in [-0.05, 0) is 87.5 Å². The van der Waals surface area contributed by atoms with Gasteiger partial charge in [0.2, 0.25) is 0 Å². The van der Waals surface area contributed by atoms with Crippen molar-refractivity contribution in [1.29, 1.82) is 0 Å². The summed E-state index contributed by atoms with van der Waals surface area (Å²) in [4.78, 5) is 2.20. The van der Waals surface area contributed by atoms with Crippen molar-refractivity contribution in [2.45, 2.75) is 69.9 Å². The molecule has 148 valence electrons. The average molecular weight is 364 g/mol. The van der Waals surface area contributed by atoms with Crippen LogP contribution in [0.1, 0.15) is 57.8 Å². The van der Waals surface area contributed by atoms with E-state index >= 15 is 0 Å². The maximum Gasteiger partial charge on any atom is 0.0899 e. The van der Waals surface area contributed by atoms with Crippen LogP contribution in [-0.4, -0.2) is 60.2 Å². The van der Waals surface area contributed by atoms with Crippen LogP contribution >= 0.6 is 0 Å². The molecule has 0 aromatic heterocycles. The lowest BCUT2D eigenvalue weighted by Crippen LogP contribution is -2.48. The predicted octanol–water partition coefficient (Wildman–Crippen LogP) is 2.98. The molecule has 2 N–H and O–H groups in total. The number of ether oxygens (including phenoxy) is 1. The van der Waals surface area contributed by atoms with E-state index < -0.39 is 6.10 Å². The largest absolute Gasteiger partial charge is 0.395 e. The summed E-state index contributed by atoms with van der Waals surface area (Å²) in [6, 6.07) is -0.132. The molecule has 0 aromatic carbocycles. The summed E-state index contributed by atoms with van der Waals surface area (Å²) in [7, 11) is 0. The van der Waals surface area contributed by atoms with Gasteiger partial charge in [-0.25, -0.2) is 0 Å². The highest BCUT2D eigenvalue weighted by atomic mass is 16.5. The second kappa shape index (κ2) is 8.30. The average Bonchev–Trinajstić information content (AvgIpc) is 2.60. The Bertz CT molecular complexity index is 456. The zero-order valence-electron chi connectivity index (χ0n) is 16.2. The molecule has 0 saturated heterocycles. The Morgan fingerprint density at radius 1 is 1.00 bits per heavy atom. The second-order valence-corrected chi connectivity index (χ2v) is 9.69. The molecule has 4 aliphatic carbocycles. The van der Waals surface area contributed by atoms with Gasteiger partial charge in [0.1, 0.15) is 0 Å². The standard InChI is InChI=1S/C22H37NO3/c24-15-20-21(25)5-4-7-23(20)6-2-1-3-8-26-16-22-12-17-9-18(13-22)11-19(10-17)14-22/h4-5,17-21,24-25H,1-3,6-16H2/t17?,18?,19?,20-,21+,22?/m1/s1. The Morgan fingerprint density at radius 3 is 2.35 bits per heavy atom. The van der Waals surface area contributed by atoms with Crippen LogP contribution in [0.3, 0.4) is 0 Å². The Morgan fingerprint density at radius 2 is 1.69 bits per heavy atom. The zero-order chi connectivity index (χ0) is 18.0. The number of hydrogen-bond acceptors (Lipinski definition) is 4. The molecule has 5 aliphatic rings. The van der Waals surface area contributed by atoms with Gasteiger partial charge in [-0.15, -0.1) is 0 Å². The summed E-state index contributed by atoms with van der Waals surface area (Å²) in [5, 5.41) is 19.4. The van der Waals surface area contributed by atoms with Crippen molar-refractivity contribution in [3.63, 3.8) is 0 Å². The minimum absolute atomic E-state index is 0.0275. The third-order valence-corrected chi connectivity index (χ3v) is 7.53. The molecule has 4 saturated carbocycles. The fourth-order valence-corrected chi connectivity index (χ4v) is 6.75. The van der Waals surface area contributed by atoms with Crippen molar-refractivity contribution in [1.82, 2.24) is 4.90 Å². The molecule has 1 heterocycles. The summed E-state index contributed by atoms with van der Waals surface area (Å²) in [6.07, 6.45) is 15.5. The molecule has 0 radical (unpaired) electrons. The van der Waals surface area contributed by atoms with Crippen LogP contribution in [0.4, 0.5) is 0 Å². The Hall–Kier alpha value is -0.420. The highest BCUT2D eigenvalue weighted by Crippen LogP contribution is 2.60. The first-order valence-corrected chi connectivity index (χ1v) is 10.9. The highest BCUT2D eigenvalue weighted by Gasteiger charge is 2.50. The number of hydrogen-bond donors (Lipinski definition) is 2. The van der Waals surface area contributed by atoms with Gasteiger partial charge >= 0.3 is 0 Å². The van der Waals surface area contributed by atoms with Crippen LogP contribution in [-0.2, 0) is 4.74 Å². The van der Waals surface area contributed by atoms with Crippen molar-refractivity contribution in [3.05, 3.63) is 12.2 Å². The van der Waals surface area contributed by atoms with E-state index in [2.05, 4.69) is 4.90 Å². The molecule has 4 nitrogen and oxygen atoms in total. The van der Waals surface area contributed by atoms with E-state index in [9.17, 15) is 10.2 Å². The van der Waals surface area contributed by atoms with Gasteiger partial charge in [-0.1, -0.05) is 12.2 Å². The molecule has 5 rings (SSSR count). The van der Waals surface area contributed by atoms with Crippen LogP contribution < -0.4 is 0 Å². The Labute approximate surface area is 158 Å². The molecular weight excluding hydrogens is 326 g/mol. The van der Waals surface area contributed by atoms with Crippen LogP contribution in [0.2, 0.25) is 0 Å². The zero-order valence-corrected chi connectivity index (χ0v) is 16.2. The summed E-state index contributed by atoms with van der Waals surface area (Å²) >= 11 is 0. The molecular formula is C22H37NO3. The first-order chi connectivity index (χ1) is 12.7. The van der Waals surface area contributed by atoms with Crippen molar-refractivity contribution in [2.24, 2.45) is 23.2 Å². The minimum atomic E-state index is -0.530. The fourth-order valence-electron chi connectivity index (χ4n) is 6.75. The smallest absolute Gasteiger partial charge is 0.0899 e. The lowest BCUT2D eigenvalue weighted by Gasteiger charge is -2.56. The number of nitrogens with zero attached hydrogens (tertiary/aromatic N) is 1. The van der Waals surface area contributed by atoms with Crippen molar-refractivity contribution in [2.75, 3.05) is 32.9 Å². The highest BCUT2D eigenvalue weighted by molar-refractivity contribution is 5.03. The van der Waals surface area contributed by atoms with Crippen molar-refractivity contribution in [3.8, 4) is 0 Å². The fraction of sp³-hybridized carbons (Fsp3) is 0.909. The maximum atomic E-state index is 9.92. The third kappa shape index (κ3) is 4.19. The van der Waals surface area contributed by atoms with E-state index in [0.29, 0.717) is 5.41 Å². The van der Waals surface area contributed by atoms with Crippen LogP contribution in [0.25, 0.3) is 0 Å². The van der Waals surface area contributed by atoms with Gasteiger partial charge in [0.15, 0.2) is 0 Å². The normalized spacial score (nSPS) is 41.8. The molecule has 0 spiro atoms. The topological polar surface area (TPSA) is 52.9 Å². The maximum absolute atomic E-state index is 9.92. The van der Waals surface area contributed by atoms with E-state index in [-0.39, 0.29) is 12.6 Å². The summed E-state index contributed by atoms with van der Waals surface area (Å²) in [5.41, 5.74) is 0.541. The van der Waals surface area contributed by atoms with Gasteiger partial charge in [0.25, 0.3) is 0 Å². The van der Waals surface area contributed by atoms with Crippen LogP contribution in [0.5, 0.6) is 0 Å². The van der Waals surface area contributed by atoms with Gasteiger partial charge in [-0.3, -0.25) is 4.90 Å². The van der Waals surface area contributed by atoms with E-state index in [4.69, 9.17) is 4.74 Å². The lowest BCUT2D eigenvalue weighted by molar-refractivity contribution is -0.0966. The first-order valence-electron chi connectivity index (χ1n) is 10.9. The Balaban J connectivity index is 1.10. The third-order valence-electron chi connectivity index (χ3n) is 7.53. The number of aliphatic hydroxyl groups is 2. The summed E-state index contributed by atoms with van der Waals surface area (Å²) in [6.45, 7) is 3.71. The van der Waals surface area contributed by atoms with Gasteiger partial charge in [0.05, 0.1) is 25.4 Å². The molecule has 26 heavy (non-hydrogen) atoms. The SMILES string of the molecule is OC[C@@H]1[C@@H](O)C=CCN1CCCCCOCC12CC3CC(CC(C3)C1)C2. The second-order valence-electron chi connectivity index (χ2n) is 9.69. The first kappa shape index (κ1) is 18.9. The van der Waals surface area contributed by atoms with E-state index in [1.807, 2.05) is 6.08 Å². The monoisotopic (exact) mass is 363 g/mol. The van der Waals surface area contributed by atoms with Gasteiger partial charge in [0, 0.05) is 13.2 Å². The predicted molar refractivity (Wildman–Crippen MR) is 103 cm³/mol. The molecule has 4 bridgehead atoms. The van der Waals surface area contributed by atoms with E-state index in [0.717, 1.165) is 63.3 Å². The van der Waals surface area contributed by atoms with Gasteiger partial charge < -0.3 is 14.9 Å². The van der Waals surface area contributed by atoms with E-state index in [1.54, 1.807) is 6.08 Å². The summed E-state index contributed by atoms with van der Waals surface area (Å²) in [5.74, 6) is 3.04. The Kier molecular flexibility index (Phi) is 6.04. The number of unbranched alkanes of at least 4 members (excludes halogenated alkanes) is 2. The molecule has 0 unspecified atom stereocenters. The number of aliphatic hydroxyl groups excluding tert-OH is 2. The van der Waals surface area contributed by atoms with Crippen LogP contribution in [0, 0.1) is 23.2 Å². The van der Waals surface area contributed by atoms with Crippen molar-refractivity contribution < 1.29 is 14.9 Å².